The molecule has 2 N–H and O–H groups in total. The van der Waals surface area contributed by atoms with Gasteiger partial charge in [0.1, 0.15) is 0 Å². The van der Waals surface area contributed by atoms with Gasteiger partial charge in [-0.25, -0.2) is 4.79 Å². The number of hydrogen-bond acceptors (Lipinski definition) is 4. The average molecular weight is 388 g/mol. The fourth-order valence-electron chi connectivity index (χ4n) is 3.58. The number of fused-ring (bicyclic) bond motifs is 2. The summed E-state index contributed by atoms with van der Waals surface area (Å²) in [6.45, 7) is 1.53. The lowest BCUT2D eigenvalue weighted by molar-refractivity contribution is -0.142. The minimum atomic E-state index is -1.39. The van der Waals surface area contributed by atoms with Crippen LogP contribution in [0.3, 0.4) is 0 Å². The maximum atomic E-state index is 12.6. The summed E-state index contributed by atoms with van der Waals surface area (Å²) in [4.78, 5) is 37.2. The second kappa shape index (κ2) is 7.39. The first-order valence-corrected chi connectivity index (χ1v) is 9.33. The van der Waals surface area contributed by atoms with Gasteiger partial charge < -0.3 is 4.74 Å². The molecular formula is C23H20N2O4. The topological polar surface area (TPSA) is 84.5 Å². The number of nitrogens with one attached hydrogen (secondary N) is 2. The highest BCUT2D eigenvalue weighted by molar-refractivity contribution is 5.98. The molecule has 146 valence electrons. The van der Waals surface area contributed by atoms with Gasteiger partial charge in [-0.15, -0.1) is 0 Å². The molecule has 1 atom stereocenters. The van der Waals surface area contributed by atoms with Crippen molar-refractivity contribution in [3.63, 3.8) is 0 Å². The van der Waals surface area contributed by atoms with E-state index < -0.39 is 17.5 Å². The van der Waals surface area contributed by atoms with Gasteiger partial charge in [0.05, 0.1) is 12.0 Å². The van der Waals surface area contributed by atoms with E-state index in [4.69, 9.17) is 4.74 Å². The first kappa shape index (κ1) is 18.7. The zero-order valence-corrected chi connectivity index (χ0v) is 15.9. The van der Waals surface area contributed by atoms with Crippen molar-refractivity contribution in [3.05, 3.63) is 83.4 Å². The van der Waals surface area contributed by atoms with E-state index in [1.807, 2.05) is 48.5 Å². The molecule has 1 unspecified atom stereocenters. The van der Waals surface area contributed by atoms with E-state index in [1.54, 1.807) is 18.2 Å². The third-order valence-corrected chi connectivity index (χ3v) is 5.11. The van der Waals surface area contributed by atoms with E-state index in [0.29, 0.717) is 5.56 Å². The molecule has 4 rings (SSSR count). The summed E-state index contributed by atoms with van der Waals surface area (Å²) < 4.78 is 5.37. The molecular weight excluding hydrogens is 368 g/mol. The number of rotatable bonds is 3. The molecule has 1 aliphatic rings. The fourth-order valence-corrected chi connectivity index (χ4v) is 3.58. The Morgan fingerprint density at radius 2 is 1.69 bits per heavy atom. The summed E-state index contributed by atoms with van der Waals surface area (Å²) in [6, 6.07) is 20.6. The van der Waals surface area contributed by atoms with Crippen LogP contribution in [0.4, 0.5) is 0 Å². The largest absolute Gasteiger partial charge is 0.445 e. The number of benzene rings is 3. The predicted molar refractivity (Wildman–Crippen MR) is 108 cm³/mol. The highest BCUT2D eigenvalue weighted by atomic mass is 16.6. The van der Waals surface area contributed by atoms with E-state index in [-0.39, 0.29) is 18.7 Å². The minimum absolute atomic E-state index is 0.112. The Balaban J connectivity index is 1.42. The minimum Gasteiger partial charge on any atom is -0.445 e. The maximum Gasteiger partial charge on any atom is 0.339 e. The van der Waals surface area contributed by atoms with E-state index >= 15 is 0 Å². The molecule has 1 aliphatic heterocycles. The van der Waals surface area contributed by atoms with Crippen LogP contribution in [0.15, 0.2) is 66.7 Å². The van der Waals surface area contributed by atoms with Crippen LogP contribution in [0.25, 0.3) is 10.8 Å². The second-order valence-corrected chi connectivity index (χ2v) is 7.27. The Labute approximate surface area is 167 Å². The Morgan fingerprint density at radius 1 is 0.966 bits per heavy atom. The lowest BCUT2D eigenvalue weighted by Gasteiger charge is -2.32. The summed E-state index contributed by atoms with van der Waals surface area (Å²) in [7, 11) is 0. The lowest BCUT2D eigenvalue weighted by atomic mass is 9.89. The normalized spacial score (nSPS) is 17.9. The standard InChI is InChI=1S/C23H20N2O4/c1-23(14-17-8-3-5-12-19(17)21(27)29-23)22(28)25-24-20(26)13-16-10-6-9-15-7-2-4-11-18(15)16/h2-12H,13-14H2,1H3,(H,24,26)(H,25,28). The number of amides is 2. The number of hydrogen-bond donors (Lipinski definition) is 2. The molecule has 29 heavy (non-hydrogen) atoms. The Morgan fingerprint density at radius 3 is 2.55 bits per heavy atom. The smallest absolute Gasteiger partial charge is 0.339 e. The monoisotopic (exact) mass is 388 g/mol. The second-order valence-electron chi connectivity index (χ2n) is 7.27. The van der Waals surface area contributed by atoms with E-state index in [1.165, 1.54) is 6.92 Å². The maximum absolute atomic E-state index is 12.6. The molecule has 6 heteroatoms. The molecule has 6 nitrogen and oxygen atoms in total. The molecule has 0 saturated heterocycles. The first-order valence-electron chi connectivity index (χ1n) is 9.33. The van der Waals surface area contributed by atoms with Crippen molar-refractivity contribution in [2.45, 2.75) is 25.4 Å². The van der Waals surface area contributed by atoms with Crippen LogP contribution in [0.5, 0.6) is 0 Å². The van der Waals surface area contributed by atoms with Gasteiger partial charge in [-0.2, -0.15) is 0 Å². The highest BCUT2D eigenvalue weighted by Crippen LogP contribution is 2.28. The molecule has 0 fully saturated rings. The first-order chi connectivity index (χ1) is 14.0. The number of esters is 1. The van der Waals surface area contributed by atoms with E-state index in [0.717, 1.165) is 21.9 Å². The zero-order valence-electron chi connectivity index (χ0n) is 15.9. The van der Waals surface area contributed by atoms with Crippen LogP contribution in [-0.2, 0) is 27.2 Å². The van der Waals surface area contributed by atoms with Crippen LogP contribution < -0.4 is 10.9 Å². The van der Waals surface area contributed by atoms with Crippen LogP contribution >= 0.6 is 0 Å². The average Bonchev–Trinajstić information content (AvgIpc) is 2.72. The SMILES string of the molecule is CC1(C(=O)NNC(=O)Cc2cccc3ccccc23)Cc2ccccc2C(=O)O1. The van der Waals surface area contributed by atoms with Crippen molar-refractivity contribution < 1.29 is 19.1 Å². The van der Waals surface area contributed by atoms with Crippen molar-refractivity contribution >= 4 is 28.6 Å². The Kier molecular flexibility index (Phi) is 4.76. The van der Waals surface area contributed by atoms with Crippen molar-refractivity contribution in [2.75, 3.05) is 0 Å². The molecule has 0 spiro atoms. The lowest BCUT2D eigenvalue weighted by Crippen LogP contribution is -2.56. The third kappa shape index (κ3) is 3.69. The van der Waals surface area contributed by atoms with Crippen molar-refractivity contribution in [3.8, 4) is 0 Å². The van der Waals surface area contributed by atoms with Crippen LogP contribution in [0.1, 0.15) is 28.4 Å². The van der Waals surface area contributed by atoms with Gasteiger partial charge in [-0.05, 0) is 34.9 Å². The Bertz CT molecular complexity index is 1120. The van der Waals surface area contributed by atoms with Gasteiger partial charge >= 0.3 is 5.97 Å². The molecule has 3 aromatic rings. The quantitative estimate of drug-likeness (QED) is 0.534. The molecule has 2 amide bonds. The van der Waals surface area contributed by atoms with Gasteiger partial charge in [-0.1, -0.05) is 60.7 Å². The molecule has 0 aromatic heterocycles. The van der Waals surface area contributed by atoms with Crippen molar-refractivity contribution in [2.24, 2.45) is 0 Å². The summed E-state index contributed by atoms with van der Waals surface area (Å²) in [5, 5.41) is 2.03. The van der Waals surface area contributed by atoms with Crippen molar-refractivity contribution in [1.29, 1.82) is 0 Å². The van der Waals surface area contributed by atoms with Gasteiger partial charge in [0.15, 0.2) is 5.60 Å². The summed E-state index contributed by atoms with van der Waals surface area (Å²) >= 11 is 0. The van der Waals surface area contributed by atoms with Crippen LogP contribution in [0, 0.1) is 0 Å². The van der Waals surface area contributed by atoms with Crippen LogP contribution in [-0.4, -0.2) is 23.4 Å². The molecule has 0 saturated carbocycles. The highest BCUT2D eigenvalue weighted by Gasteiger charge is 2.42. The number of carbonyl (C=O) groups is 3. The molecule has 0 radical (unpaired) electrons. The number of ether oxygens (including phenoxy) is 1. The number of carbonyl (C=O) groups excluding carboxylic acids is 3. The molecule has 0 aliphatic carbocycles. The van der Waals surface area contributed by atoms with E-state index in [2.05, 4.69) is 10.9 Å². The number of cyclic esters (lactones) is 1. The van der Waals surface area contributed by atoms with Gasteiger partial charge in [0.2, 0.25) is 5.91 Å². The zero-order chi connectivity index (χ0) is 20.4. The predicted octanol–water partition coefficient (Wildman–Crippen LogP) is 2.70. The third-order valence-electron chi connectivity index (χ3n) is 5.11. The molecule has 1 heterocycles. The number of hydrazine groups is 1. The van der Waals surface area contributed by atoms with Gasteiger partial charge in [-0.3, -0.25) is 20.4 Å². The van der Waals surface area contributed by atoms with E-state index in [9.17, 15) is 14.4 Å². The summed E-state index contributed by atoms with van der Waals surface area (Å²) in [5.74, 6) is -1.49. The van der Waals surface area contributed by atoms with Crippen LogP contribution in [0.2, 0.25) is 0 Å². The summed E-state index contributed by atoms with van der Waals surface area (Å²) in [5.41, 5.74) is 5.49. The summed E-state index contributed by atoms with van der Waals surface area (Å²) in [6.07, 6.45) is 0.348. The fraction of sp³-hybridized carbons (Fsp3) is 0.174. The van der Waals surface area contributed by atoms with Gasteiger partial charge in [0, 0.05) is 6.42 Å². The Hall–Kier alpha value is -3.67. The molecule has 3 aromatic carbocycles. The van der Waals surface area contributed by atoms with Gasteiger partial charge in [0.25, 0.3) is 5.91 Å². The van der Waals surface area contributed by atoms with Crippen molar-refractivity contribution in [1.82, 2.24) is 10.9 Å². The molecule has 0 bridgehead atoms.